The van der Waals surface area contributed by atoms with Crippen molar-refractivity contribution in [3.05, 3.63) is 11.8 Å². The van der Waals surface area contributed by atoms with Gasteiger partial charge in [-0.25, -0.2) is 4.98 Å². The maximum atomic E-state index is 12.7. The second-order valence-electron chi connectivity index (χ2n) is 6.70. The number of morpholine rings is 1. The Balaban J connectivity index is 1.58. The number of nitrogens with zero attached hydrogens (tertiary/aromatic N) is 6. The second-order valence-corrected chi connectivity index (χ2v) is 6.70. The van der Waals surface area contributed by atoms with Gasteiger partial charge in [-0.15, -0.1) is 5.10 Å². The molecule has 144 valence electrons. The fourth-order valence-corrected chi connectivity index (χ4v) is 3.39. The molecule has 11 nitrogen and oxygen atoms in total. The van der Waals surface area contributed by atoms with Crippen molar-refractivity contribution in [2.75, 3.05) is 41.8 Å². The Labute approximate surface area is 156 Å². The largest absolute Gasteiger partial charge is 0.378 e. The summed E-state index contributed by atoms with van der Waals surface area (Å²) in [5, 5.41) is 19.3. The molecule has 2 aromatic heterocycles. The molecule has 1 aliphatic heterocycles. The van der Waals surface area contributed by atoms with Gasteiger partial charge in [0.15, 0.2) is 0 Å². The molecule has 0 radical (unpaired) electrons. The summed E-state index contributed by atoms with van der Waals surface area (Å²) in [5.41, 5.74) is 0.363. The van der Waals surface area contributed by atoms with Crippen molar-refractivity contribution >= 4 is 23.6 Å². The maximum absolute atomic E-state index is 12.7. The molecule has 1 saturated carbocycles. The molecule has 27 heavy (non-hydrogen) atoms. The number of rotatable bonds is 5. The van der Waals surface area contributed by atoms with Gasteiger partial charge in [0, 0.05) is 25.3 Å². The number of H-pyrrole nitrogens is 1. The van der Waals surface area contributed by atoms with Gasteiger partial charge in [0.1, 0.15) is 11.4 Å². The van der Waals surface area contributed by atoms with Crippen molar-refractivity contribution in [3.8, 4) is 0 Å². The van der Waals surface area contributed by atoms with Crippen molar-refractivity contribution in [2.24, 2.45) is 0 Å². The molecule has 0 bridgehead atoms. The van der Waals surface area contributed by atoms with Crippen LogP contribution >= 0.6 is 0 Å². The van der Waals surface area contributed by atoms with E-state index in [1.54, 1.807) is 6.20 Å². The maximum Gasteiger partial charge on any atom is 0.270 e. The first-order valence-corrected chi connectivity index (χ1v) is 9.30. The molecule has 4 rings (SSSR count). The van der Waals surface area contributed by atoms with Crippen molar-refractivity contribution < 1.29 is 9.53 Å². The lowest BCUT2D eigenvalue weighted by Crippen LogP contribution is -2.37. The van der Waals surface area contributed by atoms with Gasteiger partial charge < -0.3 is 15.0 Å². The molecular formula is C16H23N9O2. The number of tetrazole rings is 1. The van der Waals surface area contributed by atoms with Crippen LogP contribution in [0.3, 0.4) is 0 Å². The van der Waals surface area contributed by atoms with E-state index in [1.807, 2.05) is 0 Å². The molecule has 0 spiro atoms. The van der Waals surface area contributed by atoms with Gasteiger partial charge in [0.2, 0.25) is 5.95 Å². The Morgan fingerprint density at radius 2 is 2.04 bits per heavy atom. The summed E-state index contributed by atoms with van der Waals surface area (Å²) in [6, 6.07) is 0.308. The number of hydrogen-bond donors (Lipinski definition) is 3. The molecule has 3 heterocycles. The van der Waals surface area contributed by atoms with E-state index in [4.69, 9.17) is 4.74 Å². The number of nitrogens with one attached hydrogen (secondary N) is 3. The summed E-state index contributed by atoms with van der Waals surface area (Å²) >= 11 is 0. The van der Waals surface area contributed by atoms with E-state index in [0.717, 1.165) is 25.9 Å². The summed E-state index contributed by atoms with van der Waals surface area (Å²) in [5.74, 6) is 0.885. The minimum absolute atomic E-state index is 0.112. The van der Waals surface area contributed by atoms with Gasteiger partial charge in [-0.1, -0.05) is 24.4 Å². The molecule has 2 fully saturated rings. The van der Waals surface area contributed by atoms with E-state index >= 15 is 0 Å². The molecular weight excluding hydrogens is 350 g/mol. The number of ether oxygens (including phenoxy) is 1. The van der Waals surface area contributed by atoms with Gasteiger partial charge in [0.05, 0.1) is 13.2 Å². The highest BCUT2D eigenvalue weighted by Crippen LogP contribution is 2.24. The Morgan fingerprint density at radius 3 is 2.78 bits per heavy atom. The van der Waals surface area contributed by atoms with E-state index in [1.165, 1.54) is 19.3 Å². The van der Waals surface area contributed by atoms with E-state index < -0.39 is 0 Å². The fraction of sp³-hybridized carbons (Fsp3) is 0.625. The smallest absolute Gasteiger partial charge is 0.270 e. The number of amides is 1. The van der Waals surface area contributed by atoms with E-state index in [0.29, 0.717) is 36.6 Å². The van der Waals surface area contributed by atoms with Crippen LogP contribution in [0.25, 0.3) is 0 Å². The summed E-state index contributed by atoms with van der Waals surface area (Å²) in [7, 11) is 0. The molecule has 2 aliphatic rings. The molecule has 1 amide bonds. The molecule has 11 heteroatoms. The van der Waals surface area contributed by atoms with Crippen molar-refractivity contribution in [1.82, 2.24) is 30.6 Å². The molecule has 0 atom stereocenters. The zero-order chi connectivity index (χ0) is 18.5. The Hall–Kier alpha value is -2.82. The third-order valence-electron chi connectivity index (χ3n) is 4.83. The molecule has 2 aromatic rings. The molecule has 3 N–H and O–H groups in total. The van der Waals surface area contributed by atoms with Crippen LogP contribution in [0.15, 0.2) is 6.20 Å². The minimum atomic E-state index is -0.372. The normalized spacial score (nSPS) is 18.3. The zero-order valence-corrected chi connectivity index (χ0v) is 15.0. The SMILES string of the molecule is O=C(Nc1nn[nH]n1)c1cnc(N2CCOCC2)nc1NC1CCCCC1. The number of carbonyl (C=O) groups is 1. The number of hydrogen-bond acceptors (Lipinski definition) is 9. The van der Waals surface area contributed by atoms with Crippen LogP contribution < -0.4 is 15.5 Å². The van der Waals surface area contributed by atoms with Crippen LogP contribution in [0, 0.1) is 0 Å². The summed E-state index contributed by atoms with van der Waals surface area (Å²) in [4.78, 5) is 23.8. The van der Waals surface area contributed by atoms with E-state index in [2.05, 4.69) is 46.1 Å². The number of carbonyl (C=O) groups excluding carboxylic acids is 1. The van der Waals surface area contributed by atoms with Gasteiger partial charge in [-0.2, -0.15) is 10.2 Å². The van der Waals surface area contributed by atoms with Gasteiger partial charge >= 0.3 is 0 Å². The lowest BCUT2D eigenvalue weighted by atomic mass is 9.95. The fourth-order valence-electron chi connectivity index (χ4n) is 3.39. The molecule has 0 unspecified atom stereocenters. The lowest BCUT2D eigenvalue weighted by molar-refractivity contribution is 0.102. The van der Waals surface area contributed by atoms with Crippen LogP contribution in [0.2, 0.25) is 0 Å². The Morgan fingerprint density at radius 1 is 1.22 bits per heavy atom. The molecule has 0 aromatic carbocycles. The first-order chi connectivity index (χ1) is 13.3. The monoisotopic (exact) mass is 373 g/mol. The third kappa shape index (κ3) is 4.30. The predicted molar refractivity (Wildman–Crippen MR) is 97.7 cm³/mol. The summed E-state index contributed by atoms with van der Waals surface area (Å²) < 4.78 is 5.39. The van der Waals surface area contributed by atoms with Crippen LogP contribution in [-0.2, 0) is 4.74 Å². The molecule has 1 saturated heterocycles. The highest BCUT2D eigenvalue weighted by atomic mass is 16.5. The summed E-state index contributed by atoms with van der Waals surface area (Å²) in [6.45, 7) is 2.76. The average Bonchev–Trinajstić information content (AvgIpc) is 3.22. The van der Waals surface area contributed by atoms with E-state index in [-0.39, 0.29) is 11.9 Å². The lowest BCUT2D eigenvalue weighted by Gasteiger charge is -2.28. The third-order valence-corrected chi connectivity index (χ3v) is 4.83. The van der Waals surface area contributed by atoms with Crippen molar-refractivity contribution in [1.29, 1.82) is 0 Å². The minimum Gasteiger partial charge on any atom is -0.378 e. The number of aromatic nitrogens is 6. The first kappa shape index (κ1) is 17.6. The second kappa shape index (κ2) is 8.25. The van der Waals surface area contributed by atoms with Crippen molar-refractivity contribution in [2.45, 2.75) is 38.1 Å². The van der Waals surface area contributed by atoms with Gasteiger partial charge in [-0.05, 0) is 18.1 Å². The standard InChI is InChI=1S/C16H23N9O2/c26-14(20-15-21-23-24-22-15)12-10-17-16(25-6-8-27-9-7-25)19-13(12)18-11-4-2-1-3-5-11/h10-11H,1-9H2,(H,17,18,19)(H2,20,21,22,23,24,26). The number of aromatic amines is 1. The average molecular weight is 373 g/mol. The highest BCUT2D eigenvalue weighted by molar-refractivity contribution is 6.06. The Kier molecular flexibility index (Phi) is 5.37. The zero-order valence-electron chi connectivity index (χ0n) is 15.0. The van der Waals surface area contributed by atoms with Crippen LogP contribution in [-0.4, -0.2) is 68.8 Å². The Bertz CT molecular complexity index is 755. The number of anilines is 3. The first-order valence-electron chi connectivity index (χ1n) is 9.30. The quantitative estimate of drug-likeness (QED) is 0.696. The van der Waals surface area contributed by atoms with Crippen LogP contribution in [0.1, 0.15) is 42.5 Å². The van der Waals surface area contributed by atoms with Crippen LogP contribution in [0.4, 0.5) is 17.7 Å². The summed E-state index contributed by atoms with van der Waals surface area (Å²) in [6.07, 6.45) is 7.32. The van der Waals surface area contributed by atoms with Gasteiger partial charge in [0.25, 0.3) is 11.9 Å². The van der Waals surface area contributed by atoms with E-state index in [9.17, 15) is 4.79 Å². The van der Waals surface area contributed by atoms with Crippen LogP contribution in [0.5, 0.6) is 0 Å². The predicted octanol–water partition coefficient (Wildman–Crippen LogP) is 0.823. The molecule has 1 aliphatic carbocycles. The topological polar surface area (TPSA) is 134 Å². The highest BCUT2D eigenvalue weighted by Gasteiger charge is 2.22. The van der Waals surface area contributed by atoms with Crippen molar-refractivity contribution in [3.63, 3.8) is 0 Å². The van der Waals surface area contributed by atoms with Gasteiger partial charge in [-0.3, -0.25) is 10.1 Å².